The molecule has 0 heterocycles. The summed E-state index contributed by atoms with van der Waals surface area (Å²) in [6.45, 7) is 0.779. The molecule has 0 unspecified atom stereocenters. The molecule has 0 aromatic carbocycles. The lowest BCUT2D eigenvalue weighted by Crippen LogP contribution is -2.65. The molecule has 0 nitrogen and oxygen atoms in total. The van der Waals surface area contributed by atoms with Crippen LogP contribution in [0.25, 0.3) is 0 Å². The number of hydrogen-bond acceptors (Lipinski definition) is 0. The maximum Gasteiger partial charge on any atom is 0.392 e. The van der Waals surface area contributed by atoms with Crippen molar-refractivity contribution in [1.82, 2.24) is 0 Å². The van der Waals surface area contributed by atoms with Gasteiger partial charge in [-0.3, -0.25) is 0 Å². The predicted octanol–water partition coefficient (Wildman–Crippen LogP) is 5.31. The van der Waals surface area contributed by atoms with E-state index in [4.69, 9.17) is 23.2 Å². The van der Waals surface area contributed by atoms with Gasteiger partial charge in [0.25, 0.3) is 0 Å². The minimum Gasteiger partial charge on any atom is -0.196 e. The van der Waals surface area contributed by atoms with Gasteiger partial charge in [0.15, 0.2) is 4.33 Å². The highest BCUT2D eigenvalue weighted by Gasteiger charge is 2.84. The van der Waals surface area contributed by atoms with E-state index in [0.29, 0.717) is 0 Å². The molecule has 110 valence electrons. The predicted molar refractivity (Wildman–Crippen MR) is 50.4 cm³/mol. The topological polar surface area (TPSA) is 0 Å². The Balaban J connectivity index is 5.80. The average Bonchev–Trinajstić information content (AvgIpc) is 2.15. The molecule has 0 bridgehead atoms. The van der Waals surface area contributed by atoms with Crippen LogP contribution in [0.3, 0.4) is 0 Å². The lowest BCUT2D eigenvalue weighted by Gasteiger charge is -2.39. The van der Waals surface area contributed by atoms with Crippen molar-refractivity contribution in [3.05, 3.63) is 0 Å². The molecule has 0 aromatic rings. The Labute approximate surface area is 111 Å². The summed E-state index contributed by atoms with van der Waals surface area (Å²) >= 11 is 13.3. The van der Waals surface area contributed by atoms with Gasteiger partial charge in [0.05, 0.1) is 0 Å². The van der Waals surface area contributed by atoms with Crippen LogP contribution in [0, 0.1) is 0 Å². The minimum absolute atomic E-state index is 0.779. The van der Waals surface area contributed by atoms with Crippen molar-refractivity contribution in [2.75, 3.05) is 0 Å². The highest BCUT2D eigenvalue weighted by atomic mass is 35.5. The molecule has 0 atom stereocenters. The molecule has 0 fully saturated rings. The number of halogens is 11. The standard InChI is InChI=1S/C7H5Cl3F8/c1-2-3(8,9)4(11,12)5(13,14)6(15,16)7(10,17)18/h2H2,1H3. The zero-order chi connectivity index (χ0) is 15.2. The summed E-state index contributed by atoms with van der Waals surface area (Å²) in [6, 6.07) is 0. The zero-order valence-corrected chi connectivity index (χ0v) is 10.6. The molecule has 0 aliphatic heterocycles. The second kappa shape index (κ2) is 4.70. The number of alkyl halides is 11. The zero-order valence-electron chi connectivity index (χ0n) is 8.36. The largest absolute Gasteiger partial charge is 0.392 e. The molecule has 0 saturated heterocycles. The van der Waals surface area contributed by atoms with Crippen LogP contribution in [-0.2, 0) is 0 Å². The van der Waals surface area contributed by atoms with Crippen LogP contribution in [0.15, 0.2) is 0 Å². The van der Waals surface area contributed by atoms with Crippen LogP contribution in [0.1, 0.15) is 13.3 Å². The Bertz CT molecular complexity index is 308. The summed E-state index contributed by atoms with van der Waals surface area (Å²) in [5, 5.41) is -5.91. The third kappa shape index (κ3) is 2.47. The van der Waals surface area contributed by atoms with Crippen LogP contribution < -0.4 is 0 Å². The van der Waals surface area contributed by atoms with Gasteiger partial charge in [-0.1, -0.05) is 30.1 Å². The van der Waals surface area contributed by atoms with E-state index in [1.807, 2.05) is 0 Å². The van der Waals surface area contributed by atoms with E-state index in [1.54, 1.807) is 0 Å². The van der Waals surface area contributed by atoms with E-state index in [1.165, 1.54) is 0 Å². The molecule has 0 spiro atoms. The second-order valence-electron chi connectivity index (χ2n) is 3.28. The maximum atomic E-state index is 13.1. The Morgan fingerprint density at radius 3 is 1.22 bits per heavy atom. The molecule has 18 heavy (non-hydrogen) atoms. The molecule has 0 N–H and O–H groups in total. The Morgan fingerprint density at radius 1 is 0.667 bits per heavy atom. The summed E-state index contributed by atoms with van der Waals surface area (Å²) in [4.78, 5) is 0. The van der Waals surface area contributed by atoms with Gasteiger partial charge in [0.1, 0.15) is 0 Å². The molecule has 0 aliphatic rings. The molecule has 0 aromatic heterocycles. The average molecular weight is 347 g/mol. The Kier molecular flexibility index (Phi) is 4.78. The van der Waals surface area contributed by atoms with E-state index in [9.17, 15) is 35.1 Å². The van der Waals surface area contributed by atoms with Crippen LogP contribution in [0.5, 0.6) is 0 Å². The minimum atomic E-state index is -6.55. The first-order valence-electron chi connectivity index (χ1n) is 4.14. The van der Waals surface area contributed by atoms with Crippen molar-refractivity contribution in [3.8, 4) is 0 Å². The van der Waals surface area contributed by atoms with E-state index in [-0.39, 0.29) is 0 Å². The van der Waals surface area contributed by atoms with Crippen molar-refractivity contribution in [1.29, 1.82) is 0 Å². The van der Waals surface area contributed by atoms with Gasteiger partial charge in [-0.15, -0.1) is 0 Å². The van der Waals surface area contributed by atoms with Crippen LogP contribution in [0.2, 0.25) is 0 Å². The fourth-order valence-corrected chi connectivity index (χ4v) is 1.18. The SMILES string of the molecule is CCC(Cl)(Cl)C(F)(F)C(F)(F)C(F)(F)C(F)(F)Cl. The van der Waals surface area contributed by atoms with Crippen LogP contribution in [0.4, 0.5) is 35.1 Å². The van der Waals surface area contributed by atoms with Gasteiger partial charge in [0.2, 0.25) is 0 Å². The summed E-state index contributed by atoms with van der Waals surface area (Å²) in [5.74, 6) is -18.9. The first-order valence-corrected chi connectivity index (χ1v) is 5.27. The molecule has 0 aliphatic carbocycles. The Hall–Kier alpha value is 0.310. The second-order valence-corrected chi connectivity index (χ2v) is 5.24. The summed E-state index contributed by atoms with van der Waals surface area (Å²) in [5.41, 5.74) is 0. The van der Waals surface area contributed by atoms with Crippen LogP contribution >= 0.6 is 34.8 Å². The van der Waals surface area contributed by atoms with Crippen LogP contribution in [-0.4, -0.2) is 27.5 Å². The molecule has 0 saturated carbocycles. The highest BCUT2D eigenvalue weighted by molar-refractivity contribution is 6.49. The lowest BCUT2D eigenvalue weighted by molar-refractivity contribution is -0.350. The summed E-state index contributed by atoms with van der Waals surface area (Å²) in [6.07, 6.45) is -1.09. The molecule has 0 rings (SSSR count). The van der Waals surface area contributed by atoms with E-state index >= 15 is 0 Å². The first kappa shape index (κ1) is 18.3. The fourth-order valence-electron chi connectivity index (χ4n) is 0.827. The van der Waals surface area contributed by atoms with Gasteiger partial charge in [-0.2, -0.15) is 35.1 Å². The quantitative estimate of drug-likeness (QED) is 0.467. The fraction of sp³-hybridized carbons (Fsp3) is 1.00. The van der Waals surface area contributed by atoms with E-state index in [2.05, 4.69) is 11.6 Å². The van der Waals surface area contributed by atoms with Gasteiger partial charge < -0.3 is 0 Å². The lowest BCUT2D eigenvalue weighted by atomic mass is 9.99. The van der Waals surface area contributed by atoms with E-state index in [0.717, 1.165) is 6.92 Å². The maximum absolute atomic E-state index is 13.1. The first-order chi connectivity index (χ1) is 7.56. The van der Waals surface area contributed by atoms with Gasteiger partial charge in [-0.25, -0.2) is 0 Å². The number of hydrogen-bond donors (Lipinski definition) is 0. The number of rotatable bonds is 5. The van der Waals surface area contributed by atoms with Crippen molar-refractivity contribution < 1.29 is 35.1 Å². The van der Waals surface area contributed by atoms with Crippen molar-refractivity contribution >= 4 is 34.8 Å². The Morgan fingerprint density at radius 2 is 1.00 bits per heavy atom. The summed E-state index contributed by atoms with van der Waals surface area (Å²) < 4.78 is 98.0. The highest BCUT2D eigenvalue weighted by Crippen LogP contribution is 2.59. The van der Waals surface area contributed by atoms with Crippen molar-refractivity contribution in [2.24, 2.45) is 0 Å². The van der Waals surface area contributed by atoms with Gasteiger partial charge in [0, 0.05) is 0 Å². The third-order valence-electron chi connectivity index (χ3n) is 2.05. The normalized spacial score (nSPS) is 16.0. The molecule has 11 heteroatoms. The molecule has 0 radical (unpaired) electrons. The molecular weight excluding hydrogens is 342 g/mol. The molecule has 0 amide bonds. The van der Waals surface area contributed by atoms with Crippen molar-refractivity contribution in [3.63, 3.8) is 0 Å². The van der Waals surface area contributed by atoms with Gasteiger partial charge >= 0.3 is 23.1 Å². The van der Waals surface area contributed by atoms with Crippen molar-refractivity contribution in [2.45, 2.75) is 40.8 Å². The summed E-state index contributed by atoms with van der Waals surface area (Å²) in [7, 11) is 0. The molecular formula is C7H5Cl3F8. The monoisotopic (exact) mass is 346 g/mol. The van der Waals surface area contributed by atoms with Gasteiger partial charge in [-0.05, 0) is 18.0 Å². The smallest absolute Gasteiger partial charge is 0.196 e. The van der Waals surface area contributed by atoms with E-state index < -0.39 is 33.9 Å². The third-order valence-corrected chi connectivity index (χ3v) is 3.29.